The van der Waals surface area contributed by atoms with Crippen LogP contribution >= 0.6 is 0 Å². The van der Waals surface area contributed by atoms with Crippen LogP contribution in [0.15, 0.2) is 24.3 Å². The van der Waals surface area contributed by atoms with Gasteiger partial charge in [-0.3, -0.25) is 0 Å². The Hall–Kier alpha value is -2.23. The summed E-state index contributed by atoms with van der Waals surface area (Å²) in [5, 5.41) is 18.3. The number of hydrogen-bond donors (Lipinski definition) is 1. The Morgan fingerprint density at radius 1 is 1.33 bits per heavy atom. The summed E-state index contributed by atoms with van der Waals surface area (Å²) in [6.07, 6.45) is -5.16. The monoisotopic (exact) mass is 298 g/mol. The van der Waals surface area contributed by atoms with E-state index in [0.717, 1.165) is 12.1 Å². The van der Waals surface area contributed by atoms with Gasteiger partial charge in [-0.1, -0.05) is 18.2 Å². The topological polar surface area (TPSA) is 64.3 Å². The van der Waals surface area contributed by atoms with Gasteiger partial charge >= 0.3 is 12.3 Å². The molecule has 1 aromatic rings. The maximum Gasteiger partial charge on any atom is 0.416 e. The van der Waals surface area contributed by atoms with Gasteiger partial charge in [-0.15, -0.1) is 0 Å². The number of nitriles is 1. The molecule has 1 aliphatic rings. The first-order valence-corrected chi connectivity index (χ1v) is 6.35. The third kappa shape index (κ3) is 2.94. The van der Waals surface area contributed by atoms with Crippen LogP contribution in [0.1, 0.15) is 24.0 Å². The molecule has 0 unspecified atom stereocenters. The van der Waals surface area contributed by atoms with Gasteiger partial charge in [-0.05, 0) is 24.5 Å². The number of nitrogens with zero attached hydrogens (tertiary/aromatic N) is 2. The molecule has 1 heterocycles. The summed E-state index contributed by atoms with van der Waals surface area (Å²) in [4.78, 5) is 12.0. The van der Waals surface area contributed by atoms with E-state index < -0.39 is 23.2 Å². The minimum absolute atomic E-state index is 0.138. The molecule has 0 atom stereocenters. The number of carboxylic acid groups (broad SMARTS) is 1. The molecule has 0 radical (unpaired) electrons. The van der Waals surface area contributed by atoms with Crippen LogP contribution in [0.5, 0.6) is 0 Å². The highest BCUT2D eigenvalue weighted by molar-refractivity contribution is 5.65. The van der Waals surface area contributed by atoms with Gasteiger partial charge < -0.3 is 10.0 Å². The number of amides is 1. The predicted octanol–water partition coefficient (Wildman–Crippen LogP) is 3.24. The first-order valence-electron chi connectivity index (χ1n) is 6.35. The zero-order valence-electron chi connectivity index (χ0n) is 11.0. The molecule has 2 rings (SSSR count). The summed E-state index contributed by atoms with van der Waals surface area (Å²) < 4.78 is 38.3. The van der Waals surface area contributed by atoms with E-state index in [1.165, 1.54) is 17.0 Å². The fraction of sp³-hybridized carbons (Fsp3) is 0.429. The van der Waals surface area contributed by atoms with Crippen molar-refractivity contribution in [2.75, 3.05) is 13.1 Å². The lowest BCUT2D eigenvalue weighted by molar-refractivity contribution is -0.137. The Morgan fingerprint density at radius 2 is 1.95 bits per heavy atom. The van der Waals surface area contributed by atoms with Crippen molar-refractivity contribution in [3.8, 4) is 6.07 Å². The van der Waals surface area contributed by atoms with Crippen molar-refractivity contribution in [3.05, 3.63) is 35.4 Å². The molecule has 4 nitrogen and oxygen atoms in total. The summed E-state index contributed by atoms with van der Waals surface area (Å²) in [5.41, 5.74) is -1.56. The second kappa shape index (κ2) is 5.28. The fourth-order valence-corrected chi connectivity index (χ4v) is 2.54. The van der Waals surface area contributed by atoms with Crippen LogP contribution in [0, 0.1) is 11.3 Å². The van der Waals surface area contributed by atoms with Gasteiger partial charge in [0.25, 0.3) is 0 Å². The number of rotatable bonds is 1. The Kier molecular flexibility index (Phi) is 3.81. The van der Waals surface area contributed by atoms with Gasteiger partial charge in [0.2, 0.25) is 0 Å². The maximum absolute atomic E-state index is 12.8. The zero-order valence-corrected chi connectivity index (χ0v) is 11.0. The van der Waals surface area contributed by atoms with Crippen LogP contribution in [-0.4, -0.2) is 29.2 Å². The smallest absolute Gasteiger partial charge is 0.416 e. The van der Waals surface area contributed by atoms with Crippen LogP contribution in [-0.2, 0) is 11.6 Å². The van der Waals surface area contributed by atoms with Crippen LogP contribution in [0.2, 0.25) is 0 Å². The quantitative estimate of drug-likeness (QED) is 0.865. The molecule has 0 bridgehead atoms. The molecular formula is C14H13F3N2O2. The lowest BCUT2D eigenvalue weighted by atomic mass is 9.73. The highest BCUT2D eigenvalue weighted by Gasteiger charge is 2.39. The van der Waals surface area contributed by atoms with Crippen molar-refractivity contribution in [1.82, 2.24) is 4.90 Å². The van der Waals surface area contributed by atoms with Crippen molar-refractivity contribution >= 4 is 6.09 Å². The van der Waals surface area contributed by atoms with Crippen molar-refractivity contribution in [1.29, 1.82) is 5.26 Å². The van der Waals surface area contributed by atoms with E-state index in [0.29, 0.717) is 5.56 Å². The van der Waals surface area contributed by atoms with Crippen LogP contribution in [0.4, 0.5) is 18.0 Å². The third-order valence-electron chi connectivity index (χ3n) is 3.84. The zero-order chi connectivity index (χ0) is 15.7. The largest absolute Gasteiger partial charge is 0.465 e. The van der Waals surface area contributed by atoms with Gasteiger partial charge in [0, 0.05) is 13.1 Å². The van der Waals surface area contributed by atoms with Crippen LogP contribution in [0.25, 0.3) is 0 Å². The summed E-state index contributed by atoms with van der Waals surface area (Å²) in [6.45, 7) is 0.276. The fourth-order valence-electron chi connectivity index (χ4n) is 2.54. The number of likely N-dealkylation sites (tertiary alicyclic amines) is 1. The normalized spacial score (nSPS) is 18.1. The van der Waals surface area contributed by atoms with Crippen molar-refractivity contribution in [2.45, 2.75) is 24.4 Å². The number of halogens is 3. The molecule has 1 saturated heterocycles. The van der Waals surface area contributed by atoms with E-state index in [2.05, 4.69) is 6.07 Å². The standard InChI is InChI=1S/C14H13F3N2O2/c15-14(16,17)11-3-1-2-10(8-11)13(9-18)4-6-19(7-5-13)12(20)21/h1-3,8H,4-7H2,(H,20,21). The van der Waals surface area contributed by atoms with Crippen LogP contribution < -0.4 is 0 Å². The second-order valence-electron chi connectivity index (χ2n) is 5.04. The van der Waals surface area contributed by atoms with Gasteiger partial charge in [-0.2, -0.15) is 18.4 Å². The van der Waals surface area contributed by atoms with Crippen molar-refractivity contribution in [2.24, 2.45) is 0 Å². The molecule has 1 fully saturated rings. The molecule has 112 valence electrons. The minimum atomic E-state index is -4.46. The van der Waals surface area contributed by atoms with E-state index in [9.17, 15) is 23.2 Å². The number of piperidine rings is 1. The van der Waals surface area contributed by atoms with Gasteiger partial charge in [-0.25, -0.2) is 4.79 Å². The van der Waals surface area contributed by atoms with Crippen molar-refractivity contribution in [3.63, 3.8) is 0 Å². The summed E-state index contributed by atoms with van der Waals surface area (Å²) in [5.74, 6) is 0. The molecule has 1 N–H and O–H groups in total. The van der Waals surface area contributed by atoms with E-state index in [4.69, 9.17) is 5.11 Å². The molecule has 0 aliphatic carbocycles. The maximum atomic E-state index is 12.8. The second-order valence-corrected chi connectivity index (χ2v) is 5.04. The van der Waals surface area contributed by atoms with E-state index in [1.54, 1.807) is 0 Å². The van der Waals surface area contributed by atoms with E-state index in [-0.39, 0.29) is 25.9 Å². The summed E-state index contributed by atoms with van der Waals surface area (Å²) >= 11 is 0. The number of alkyl halides is 3. The first-order chi connectivity index (χ1) is 9.78. The highest BCUT2D eigenvalue weighted by Crippen LogP contribution is 2.38. The molecule has 1 aliphatic heterocycles. The average molecular weight is 298 g/mol. The molecule has 1 aromatic carbocycles. The van der Waals surface area contributed by atoms with Gasteiger partial charge in [0.15, 0.2) is 0 Å². The molecular weight excluding hydrogens is 285 g/mol. The lowest BCUT2D eigenvalue weighted by Crippen LogP contribution is -2.44. The Labute approximate surface area is 119 Å². The molecule has 7 heteroatoms. The minimum Gasteiger partial charge on any atom is -0.465 e. The van der Waals surface area contributed by atoms with E-state index >= 15 is 0 Å². The number of carbonyl (C=O) groups is 1. The lowest BCUT2D eigenvalue weighted by Gasteiger charge is -2.36. The highest BCUT2D eigenvalue weighted by atomic mass is 19.4. The Balaban J connectivity index is 2.31. The number of hydrogen-bond acceptors (Lipinski definition) is 2. The first kappa shape index (κ1) is 15.2. The molecule has 21 heavy (non-hydrogen) atoms. The van der Waals surface area contributed by atoms with Gasteiger partial charge in [0.05, 0.1) is 17.0 Å². The Bertz CT molecular complexity index is 585. The summed E-state index contributed by atoms with van der Waals surface area (Å²) in [6, 6.07) is 6.80. The summed E-state index contributed by atoms with van der Waals surface area (Å²) in [7, 11) is 0. The molecule has 1 amide bonds. The molecule has 0 spiro atoms. The molecule has 0 aromatic heterocycles. The Morgan fingerprint density at radius 3 is 2.43 bits per heavy atom. The third-order valence-corrected chi connectivity index (χ3v) is 3.84. The molecule has 0 saturated carbocycles. The van der Waals surface area contributed by atoms with Gasteiger partial charge in [0.1, 0.15) is 0 Å². The SMILES string of the molecule is N#CC1(c2cccc(C(F)(F)F)c2)CCN(C(=O)O)CC1. The van der Waals surface area contributed by atoms with Crippen molar-refractivity contribution < 1.29 is 23.1 Å². The predicted molar refractivity (Wildman–Crippen MR) is 67.6 cm³/mol. The number of benzene rings is 1. The van der Waals surface area contributed by atoms with E-state index in [1.807, 2.05) is 0 Å². The average Bonchev–Trinajstić information content (AvgIpc) is 2.46. The van der Waals surface area contributed by atoms with Crippen LogP contribution in [0.3, 0.4) is 0 Å².